The zero-order chi connectivity index (χ0) is 14.8. The molecule has 2 rings (SSSR count). The Morgan fingerprint density at radius 3 is 2.55 bits per heavy atom. The Labute approximate surface area is 124 Å². The molecule has 1 aromatic heterocycles. The molecule has 1 N–H and O–H groups in total. The van der Waals surface area contributed by atoms with Crippen molar-refractivity contribution in [1.82, 2.24) is 9.88 Å². The minimum atomic E-state index is -0.737. The second-order valence-corrected chi connectivity index (χ2v) is 7.67. The zero-order valence-electron chi connectivity index (χ0n) is 12.6. The summed E-state index contributed by atoms with van der Waals surface area (Å²) in [6, 6.07) is 0. The molecular weight excluding hydrogens is 272 g/mol. The van der Waals surface area contributed by atoms with Gasteiger partial charge in [-0.3, -0.25) is 9.69 Å². The van der Waals surface area contributed by atoms with E-state index in [1.807, 2.05) is 0 Å². The normalized spacial score (nSPS) is 16.8. The van der Waals surface area contributed by atoms with E-state index in [1.54, 1.807) is 11.3 Å². The van der Waals surface area contributed by atoms with Crippen LogP contribution in [0.15, 0.2) is 0 Å². The zero-order valence-corrected chi connectivity index (χ0v) is 13.4. The summed E-state index contributed by atoms with van der Waals surface area (Å²) in [4.78, 5) is 19.2. The van der Waals surface area contributed by atoms with Crippen molar-refractivity contribution in [3.63, 3.8) is 0 Å². The highest BCUT2D eigenvalue weighted by Crippen LogP contribution is 2.31. The van der Waals surface area contributed by atoms with Crippen LogP contribution in [0.3, 0.4) is 0 Å². The molecule has 20 heavy (non-hydrogen) atoms. The summed E-state index contributed by atoms with van der Waals surface area (Å²) in [5.74, 6) is -0.737. The lowest BCUT2D eigenvalue weighted by atomic mass is 9.90. The van der Waals surface area contributed by atoms with Gasteiger partial charge >= 0.3 is 5.97 Å². The van der Waals surface area contributed by atoms with Crippen LogP contribution in [0.1, 0.15) is 55.6 Å². The molecule has 0 aliphatic carbocycles. The number of thiazole rings is 1. The Morgan fingerprint density at radius 1 is 1.35 bits per heavy atom. The number of aromatic nitrogens is 1. The minimum Gasteiger partial charge on any atom is -0.481 e. The predicted molar refractivity (Wildman–Crippen MR) is 81.3 cm³/mol. The molecule has 4 nitrogen and oxygen atoms in total. The van der Waals surface area contributed by atoms with E-state index in [1.165, 1.54) is 12.8 Å². The lowest BCUT2D eigenvalue weighted by molar-refractivity contribution is -0.136. The number of aliphatic carboxylic acids is 1. The Hall–Kier alpha value is -0.940. The van der Waals surface area contributed by atoms with E-state index in [9.17, 15) is 4.79 Å². The van der Waals surface area contributed by atoms with Crippen LogP contribution in [0.4, 0.5) is 0 Å². The van der Waals surface area contributed by atoms with E-state index in [2.05, 4.69) is 25.7 Å². The maximum Gasteiger partial charge on any atom is 0.303 e. The van der Waals surface area contributed by atoms with E-state index in [-0.39, 0.29) is 11.8 Å². The first kappa shape index (κ1) is 15.4. The Morgan fingerprint density at radius 2 is 2.00 bits per heavy atom. The number of carboxylic acid groups (broad SMARTS) is 1. The smallest absolute Gasteiger partial charge is 0.303 e. The van der Waals surface area contributed by atoms with Gasteiger partial charge in [0.2, 0.25) is 0 Å². The van der Waals surface area contributed by atoms with Gasteiger partial charge in [0.15, 0.2) is 0 Å². The highest BCUT2D eigenvalue weighted by molar-refractivity contribution is 7.11. The quantitative estimate of drug-likeness (QED) is 0.907. The van der Waals surface area contributed by atoms with Crippen LogP contribution < -0.4 is 0 Å². The number of likely N-dealkylation sites (tertiary alicyclic amines) is 1. The molecule has 0 bridgehead atoms. The standard InChI is InChI=1S/C15H24N2O2S/c1-15(2,3)14-11(6-7-13(18)19)20-12(16-14)10-17-8-4-5-9-17/h4-10H2,1-3H3,(H,18,19). The summed E-state index contributed by atoms with van der Waals surface area (Å²) in [5, 5.41) is 10.0. The lowest BCUT2D eigenvalue weighted by Crippen LogP contribution is -2.19. The summed E-state index contributed by atoms with van der Waals surface area (Å²) in [7, 11) is 0. The summed E-state index contributed by atoms with van der Waals surface area (Å²) < 4.78 is 0. The summed E-state index contributed by atoms with van der Waals surface area (Å²) in [6.07, 6.45) is 3.35. The summed E-state index contributed by atoms with van der Waals surface area (Å²) >= 11 is 1.70. The van der Waals surface area contributed by atoms with Crippen molar-refractivity contribution >= 4 is 17.3 Å². The first-order chi connectivity index (χ1) is 9.36. The maximum absolute atomic E-state index is 10.8. The van der Waals surface area contributed by atoms with Crippen molar-refractivity contribution in [3.05, 3.63) is 15.6 Å². The number of nitrogens with zero attached hydrogens (tertiary/aromatic N) is 2. The third-order valence-electron chi connectivity index (χ3n) is 3.58. The highest BCUT2D eigenvalue weighted by atomic mass is 32.1. The fourth-order valence-electron chi connectivity index (χ4n) is 2.58. The van der Waals surface area contributed by atoms with Gasteiger partial charge in [-0.2, -0.15) is 0 Å². The van der Waals surface area contributed by atoms with Gasteiger partial charge in [-0.25, -0.2) is 4.98 Å². The number of rotatable bonds is 5. The second kappa shape index (κ2) is 6.22. The van der Waals surface area contributed by atoms with Crippen LogP contribution in [-0.4, -0.2) is 34.0 Å². The molecule has 1 fully saturated rings. The van der Waals surface area contributed by atoms with Gasteiger partial charge in [0.1, 0.15) is 5.01 Å². The number of hydrogen-bond acceptors (Lipinski definition) is 4. The number of aryl methyl sites for hydroxylation is 1. The Bertz CT molecular complexity index is 471. The van der Waals surface area contributed by atoms with Crippen LogP contribution in [-0.2, 0) is 23.2 Å². The van der Waals surface area contributed by atoms with Gasteiger partial charge in [0.25, 0.3) is 0 Å². The van der Waals surface area contributed by atoms with E-state index in [0.717, 1.165) is 35.2 Å². The van der Waals surface area contributed by atoms with Gasteiger partial charge in [-0.15, -0.1) is 11.3 Å². The SMILES string of the molecule is CC(C)(C)c1nc(CN2CCCC2)sc1CCC(=O)O. The molecule has 0 spiro atoms. The minimum absolute atomic E-state index is 0.0202. The first-order valence-electron chi connectivity index (χ1n) is 7.29. The fourth-order valence-corrected chi connectivity index (χ4v) is 3.90. The van der Waals surface area contributed by atoms with E-state index in [0.29, 0.717) is 6.42 Å². The van der Waals surface area contributed by atoms with Gasteiger partial charge < -0.3 is 5.11 Å². The lowest BCUT2D eigenvalue weighted by Gasteiger charge is -2.17. The largest absolute Gasteiger partial charge is 0.481 e. The average Bonchev–Trinajstić information content (AvgIpc) is 2.95. The predicted octanol–water partition coefficient (Wildman–Crippen LogP) is 3.05. The van der Waals surface area contributed by atoms with Crippen molar-refractivity contribution < 1.29 is 9.90 Å². The molecule has 0 unspecified atom stereocenters. The Kier molecular flexibility index (Phi) is 4.81. The van der Waals surface area contributed by atoms with Crippen LogP contribution in [0.2, 0.25) is 0 Å². The molecular formula is C15H24N2O2S. The number of hydrogen-bond donors (Lipinski definition) is 1. The van der Waals surface area contributed by atoms with Crippen LogP contribution >= 0.6 is 11.3 Å². The molecule has 1 saturated heterocycles. The molecule has 1 aliphatic rings. The van der Waals surface area contributed by atoms with Crippen LogP contribution in [0.25, 0.3) is 0 Å². The molecule has 2 heterocycles. The second-order valence-electron chi connectivity index (χ2n) is 6.51. The van der Waals surface area contributed by atoms with Crippen molar-refractivity contribution in [2.24, 2.45) is 0 Å². The number of carbonyl (C=O) groups is 1. The van der Waals surface area contributed by atoms with Crippen LogP contribution in [0, 0.1) is 0 Å². The first-order valence-corrected chi connectivity index (χ1v) is 8.11. The van der Waals surface area contributed by atoms with Gasteiger partial charge in [0, 0.05) is 10.3 Å². The van der Waals surface area contributed by atoms with E-state index < -0.39 is 5.97 Å². The third-order valence-corrected chi connectivity index (χ3v) is 4.68. The molecule has 0 amide bonds. The molecule has 0 radical (unpaired) electrons. The average molecular weight is 296 g/mol. The van der Waals surface area contributed by atoms with Crippen molar-refractivity contribution in [2.75, 3.05) is 13.1 Å². The molecule has 0 saturated carbocycles. The van der Waals surface area contributed by atoms with Crippen molar-refractivity contribution in [1.29, 1.82) is 0 Å². The van der Waals surface area contributed by atoms with Crippen molar-refractivity contribution in [2.45, 2.75) is 58.4 Å². The van der Waals surface area contributed by atoms with E-state index >= 15 is 0 Å². The molecule has 1 aromatic rings. The molecule has 1 aliphatic heterocycles. The molecule has 0 aromatic carbocycles. The Balaban J connectivity index is 2.15. The van der Waals surface area contributed by atoms with Gasteiger partial charge in [-0.05, 0) is 32.4 Å². The highest BCUT2D eigenvalue weighted by Gasteiger charge is 2.24. The maximum atomic E-state index is 10.8. The summed E-state index contributed by atoms with van der Waals surface area (Å²) in [6.45, 7) is 9.68. The van der Waals surface area contributed by atoms with Gasteiger partial charge in [0.05, 0.1) is 18.7 Å². The topological polar surface area (TPSA) is 53.4 Å². The molecule has 0 atom stereocenters. The molecule has 5 heteroatoms. The van der Waals surface area contributed by atoms with Crippen LogP contribution in [0.5, 0.6) is 0 Å². The number of carboxylic acids is 1. The monoisotopic (exact) mass is 296 g/mol. The van der Waals surface area contributed by atoms with Gasteiger partial charge in [-0.1, -0.05) is 20.8 Å². The molecule has 112 valence electrons. The van der Waals surface area contributed by atoms with E-state index in [4.69, 9.17) is 10.1 Å². The third kappa shape index (κ3) is 4.03. The fraction of sp³-hybridized carbons (Fsp3) is 0.733. The summed E-state index contributed by atoms with van der Waals surface area (Å²) in [5.41, 5.74) is 1.06. The van der Waals surface area contributed by atoms with Crippen molar-refractivity contribution in [3.8, 4) is 0 Å².